The summed E-state index contributed by atoms with van der Waals surface area (Å²) >= 11 is 1.74. The Hall–Kier alpha value is -0.970. The molecule has 0 unspecified atom stereocenters. The highest BCUT2D eigenvalue weighted by molar-refractivity contribution is 7.99. The maximum Gasteiger partial charge on any atom is 0.223 e. The molecule has 0 aromatic carbocycles. The van der Waals surface area contributed by atoms with Crippen molar-refractivity contribution < 1.29 is 0 Å². The molecule has 0 aliphatic carbocycles. The van der Waals surface area contributed by atoms with Gasteiger partial charge in [0.2, 0.25) is 5.95 Å². The minimum absolute atomic E-state index is 0.346. The molecule has 0 aliphatic rings. The number of nitrogens with two attached hydrogens (primary N) is 1. The van der Waals surface area contributed by atoms with Crippen LogP contribution in [0.3, 0.4) is 0 Å². The summed E-state index contributed by atoms with van der Waals surface area (Å²) in [6.07, 6.45) is 2.26. The van der Waals surface area contributed by atoms with Gasteiger partial charge in [-0.2, -0.15) is 4.98 Å². The van der Waals surface area contributed by atoms with E-state index in [2.05, 4.69) is 36.1 Å². The standard InChI is InChI=1S/C12H22N4S/c1-4-6-14-10-8-11(16-12(13)15-10)17-7-5-9(2)3/h8-9H,4-7H2,1-3H3,(H3,13,14,15,16). The SMILES string of the molecule is CCCNc1cc(SCCC(C)C)nc(N)n1. The van der Waals surface area contributed by atoms with E-state index in [4.69, 9.17) is 5.73 Å². The van der Waals surface area contributed by atoms with Gasteiger partial charge < -0.3 is 11.1 Å². The van der Waals surface area contributed by atoms with Gasteiger partial charge in [0.1, 0.15) is 10.8 Å². The Morgan fingerprint density at radius 3 is 2.82 bits per heavy atom. The van der Waals surface area contributed by atoms with Gasteiger partial charge in [0.25, 0.3) is 0 Å². The lowest BCUT2D eigenvalue weighted by Crippen LogP contribution is -2.05. The lowest BCUT2D eigenvalue weighted by molar-refractivity contribution is 0.632. The van der Waals surface area contributed by atoms with Crippen LogP contribution in [0.1, 0.15) is 33.6 Å². The number of rotatable bonds is 7. The molecular weight excluding hydrogens is 232 g/mol. The first-order chi connectivity index (χ1) is 8.11. The van der Waals surface area contributed by atoms with Crippen molar-refractivity contribution in [1.82, 2.24) is 9.97 Å². The van der Waals surface area contributed by atoms with Crippen LogP contribution in [0.25, 0.3) is 0 Å². The third-order valence-corrected chi connectivity index (χ3v) is 3.17. The molecule has 0 aliphatic heterocycles. The second-order valence-corrected chi connectivity index (χ2v) is 5.52. The lowest BCUT2D eigenvalue weighted by Gasteiger charge is -2.08. The Balaban J connectivity index is 2.55. The second-order valence-electron chi connectivity index (χ2n) is 4.41. The highest BCUT2D eigenvalue weighted by atomic mass is 32.2. The van der Waals surface area contributed by atoms with Crippen LogP contribution in [0.4, 0.5) is 11.8 Å². The van der Waals surface area contributed by atoms with Gasteiger partial charge in [-0.1, -0.05) is 20.8 Å². The lowest BCUT2D eigenvalue weighted by atomic mass is 10.2. The quantitative estimate of drug-likeness (QED) is 0.578. The van der Waals surface area contributed by atoms with Gasteiger partial charge in [-0.3, -0.25) is 0 Å². The molecule has 0 fully saturated rings. The van der Waals surface area contributed by atoms with E-state index < -0.39 is 0 Å². The molecule has 0 bridgehead atoms. The van der Waals surface area contributed by atoms with Crippen molar-refractivity contribution in [3.63, 3.8) is 0 Å². The minimum atomic E-state index is 0.346. The van der Waals surface area contributed by atoms with E-state index in [1.54, 1.807) is 11.8 Å². The number of nitrogen functional groups attached to an aromatic ring is 1. The highest BCUT2D eigenvalue weighted by Gasteiger charge is 2.03. The zero-order valence-corrected chi connectivity index (χ0v) is 11.7. The average molecular weight is 254 g/mol. The zero-order chi connectivity index (χ0) is 12.7. The fourth-order valence-corrected chi connectivity index (χ4v) is 2.41. The molecule has 0 saturated heterocycles. The fourth-order valence-electron chi connectivity index (χ4n) is 1.26. The first-order valence-corrected chi connectivity index (χ1v) is 7.11. The molecule has 1 aromatic rings. The molecule has 0 radical (unpaired) electrons. The van der Waals surface area contributed by atoms with E-state index in [1.807, 2.05) is 6.07 Å². The summed E-state index contributed by atoms with van der Waals surface area (Å²) in [6.45, 7) is 7.48. The molecule has 4 nitrogen and oxygen atoms in total. The number of hydrogen-bond acceptors (Lipinski definition) is 5. The van der Waals surface area contributed by atoms with Crippen LogP contribution in [-0.2, 0) is 0 Å². The van der Waals surface area contributed by atoms with Gasteiger partial charge in [-0.25, -0.2) is 4.98 Å². The van der Waals surface area contributed by atoms with E-state index in [-0.39, 0.29) is 0 Å². The van der Waals surface area contributed by atoms with Crippen molar-refractivity contribution in [2.75, 3.05) is 23.3 Å². The maximum absolute atomic E-state index is 5.69. The van der Waals surface area contributed by atoms with Crippen LogP contribution in [0.15, 0.2) is 11.1 Å². The van der Waals surface area contributed by atoms with Crippen molar-refractivity contribution in [1.29, 1.82) is 0 Å². The van der Waals surface area contributed by atoms with Gasteiger partial charge in [0, 0.05) is 12.6 Å². The largest absolute Gasteiger partial charge is 0.370 e. The normalized spacial score (nSPS) is 10.8. The number of nitrogens with zero attached hydrogens (tertiary/aromatic N) is 2. The van der Waals surface area contributed by atoms with Gasteiger partial charge >= 0.3 is 0 Å². The van der Waals surface area contributed by atoms with Crippen molar-refractivity contribution in [3.8, 4) is 0 Å². The number of aromatic nitrogens is 2. The van der Waals surface area contributed by atoms with Crippen LogP contribution < -0.4 is 11.1 Å². The third-order valence-electron chi connectivity index (χ3n) is 2.22. The summed E-state index contributed by atoms with van der Waals surface area (Å²) in [7, 11) is 0. The molecule has 1 heterocycles. The van der Waals surface area contributed by atoms with E-state index >= 15 is 0 Å². The zero-order valence-electron chi connectivity index (χ0n) is 10.9. The van der Waals surface area contributed by atoms with E-state index in [9.17, 15) is 0 Å². The molecule has 96 valence electrons. The van der Waals surface area contributed by atoms with Crippen LogP contribution in [-0.4, -0.2) is 22.3 Å². The first kappa shape index (κ1) is 14.1. The molecule has 1 rings (SSSR count). The monoisotopic (exact) mass is 254 g/mol. The van der Waals surface area contributed by atoms with Crippen LogP contribution in [0.2, 0.25) is 0 Å². The van der Waals surface area contributed by atoms with Gasteiger partial charge in [-0.15, -0.1) is 11.8 Å². The molecule has 0 amide bonds. The number of nitrogens with one attached hydrogen (secondary N) is 1. The summed E-state index contributed by atoms with van der Waals surface area (Å²) in [5, 5.41) is 4.19. The van der Waals surface area contributed by atoms with Crippen molar-refractivity contribution in [3.05, 3.63) is 6.07 Å². The first-order valence-electron chi connectivity index (χ1n) is 6.13. The fraction of sp³-hybridized carbons (Fsp3) is 0.667. The molecule has 3 N–H and O–H groups in total. The van der Waals surface area contributed by atoms with Crippen LogP contribution >= 0.6 is 11.8 Å². The number of hydrogen-bond donors (Lipinski definition) is 2. The predicted molar refractivity (Wildman–Crippen MR) is 75.4 cm³/mol. The van der Waals surface area contributed by atoms with Crippen molar-refractivity contribution >= 4 is 23.5 Å². The molecule has 1 aromatic heterocycles. The van der Waals surface area contributed by atoms with Gasteiger partial charge in [0.15, 0.2) is 0 Å². The smallest absolute Gasteiger partial charge is 0.223 e. The van der Waals surface area contributed by atoms with E-state index in [1.165, 1.54) is 6.42 Å². The summed E-state index contributed by atoms with van der Waals surface area (Å²) in [5.74, 6) is 2.96. The van der Waals surface area contributed by atoms with Crippen LogP contribution in [0, 0.1) is 5.92 Å². The summed E-state index contributed by atoms with van der Waals surface area (Å²) < 4.78 is 0. The average Bonchev–Trinajstić information content (AvgIpc) is 2.25. The van der Waals surface area contributed by atoms with E-state index in [0.717, 1.165) is 35.5 Å². The Morgan fingerprint density at radius 2 is 2.18 bits per heavy atom. The molecule has 17 heavy (non-hydrogen) atoms. The van der Waals surface area contributed by atoms with E-state index in [0.29, 0.717) is 5.95 Å². The van der Waals surface area contributed by atoms with Gasteiger partial charge in [-0.05, 0) is 24.5 Å². The van der Waals surface area contributed by atoms with Crippen molar-refractivity contribution in [2.45, 2.75) is 38.6 Å². The third kappa shape index (κ3) is 5.77. The second kappa shape index (κ2) is 7.37. The summed E-state index contributed by atoms with van der Waals surface area (Å²) in [4.78, 5) is 8.39. The Morgan fingerprint density at radius 1 is 1.41 bits per heavy atom. The maximum atomic E-state index is 5.69. The Kier molecular flexibility index (Phi) is 6.11. The highest BCUT2D eigenvalue weighted by Crippen LogP contribution is 2.21. The molecule has 0 atom stereocenters. The minimum Gasteiger partial charge on any atom is -0.370 e. The number of thioether (sulfide) groups is 1. The van der Waals surface area contributed by atoms with Gasteiger partial charge in [0.05, 0.1) is 0 Å². The predicted octanol–water partition coefficient (Wildman–Crippen LogP) is 3.02. The Labute approximate surface area is 108 Å². The molecule has 0 saturated carbocycles. The summed E-state index contributed by atoms with van der Waals surface area (Å²) in [6, 6.07) is 1.97. The molecule has 0 spiro atoms. The number of anilines is 2. The van der Waals surface area contributed by atoms with Crippen molar-refractivity contribution in [2.24, 2.45) is 5.92 Å². The Bertz CT molecular complexity index is 341. The van der Waals surface area contributed by atoms with Crippen LogP contribution in [0.5, 0.6) is 0 Å². The topological polar surface area (TPSA) is 63.8 Å². The summed E-state index contributed by atoms with van der Waals surface area (Å²) in [5.41, 5.74) is 5.69. The molecule has 5 heteroatoms. The molecular formula is C12H22N4S.